The molecular formula is C29H37F3N8O6S. The third kappa shape index (κ3) is 9.29. The third-order valence-corrected chi connectivity index (χ3v) is 10.3. The number of amides is 3. The molecular weight excluding hydrogens is 645 g/mol. The van der Waals surface area contributed by atoms with Crippen LogP contribution in [0.4, 0.5) is 24.8 Å². The average molecular weight is 683 g/mol. The Labute approximate surface area is 270 Å². The quantitative estimate of drug-likeness (QED) is 0.275. The number of benzene rings is 1. The molecule has 0 radical (unpaired) electrons. The fourth-order valence-electron chi connectivity index (χ4n) is 5.80. The van der Waals surface area contributed by atoms with Crippen LogP contribution in [0.2, 0.25) is 0 Å². The van der Waals surface area contributed by atoms with Gasteiger partial charge >= 0.3 is 6.61 Å². The van der Waals surface area contributed by atoms with Gasteiger partial charge in [0.25, 0.3) is 5.91 Å². The Bertz CT molecular complexity index is 1530. The number of rotatable bonds is 12. The zero-order valence-electron chi connectivity index (χ0n) is 25.5. The summed E-state index contributed by atoms with van der Waals surface area (Å²) >= 11 is 0. The molecule has 0 saturated carbocycles. The maximum absolute atomic E-state index is 14.9. The van der Waals surface area contributed by atoms with Crippen molar-refractivity contribution >= 4 is 39.4 Å². The lowest BCUT2D eigenvalue weighted by atomic mass is 10.1. The number of aromatic nitrogens is 2. The first kappa shape index (κ1) is 34.3. The van der Waals surface area contributed by atoms with Crippen LogP contribution < -0.4 is 25.6 Å². The first-order valence-corrected chi connectivity index (χ1v) is 17.0. The van der Waals surface area contributed by atoms with E-state index in [-0.39, 0.29) is 41.9 Å². The maximum atomic E-state index is 14.9. The smallest absolute Gasteiger partial charge is 0.387 e. The van der Waals surface area contributed by atoms with Crippen molar-refractivity contribution in [3.63, 3.8) is 0 Å². The molecule has 18 heteroatoms. The Balaban J connectivity index is 1.01. The zero-order valence-corrected chi connectivity index (χ0v) is 26.4. The first-order chi connectivity index (χ1) is 22.5. The summed E-state index contributed by atoms with van der Waals surface area (Å²) in [5.41, 5.74) is 0.423. The van der Waals surface area contributed by atoms with Crippen molar-refractivity contribution in [1.29, 1.82) is 0 Å². The van der Waals surface area contributed by atoms with E-state index in [2.05, 4.69) is 35.6 Å². The van der Waals surface area contributed by atoms with E-state index in [4.69, 9.17) is 0 Å². The van der Waals surface area contributed by atoms with Crippen molar-refractivity contribution < 1.29 is 40.7 Å². The molecule has 1 aromatic heterocycles. The van der Waals surface area contributed by atoms with Gasteiger partial charge in [-0.25, -0.2) is 27.1 Å². The number of hydrogen-bond acceptors (Lipinski definition) is 11. The van der Waals surface area contributed by atoms with Crippen LogP contribution in [0.5, 0.6) is 5.75 Å². The number of piperidine rings is 2. The van der Waals surface area contributed by atoms with Crippen LogP contribution >= 0.6 is 0 Å². The number of anilines is 2. The van der Waals surface area contributed by atoms with E-state index < -0.39 is 46.2 Å². The van der Waals surface area contributed by atoms with Crippen molar-refractivity contribution in [2.75, 3.05) is 61.8 Å². The predicted molar refractivity (Wildman–Crippen MR) is 164 cm³/mol. The van der Waals surface area contributed by atoms with Gasteiger partial charge in [-0.2, -0.15) is 8.78 Å². The molecule has 2 aromatic rings. The van der Waals surface area contributed by atoms with Gasteiger partial charge in [-0.05, 0) is 50.4 Å². The molecule has 3 N–H and O–H groups in total. The van der Waals surface area contributed by atoms with E-state index in [1.807, 2.05) is 4.90 Å². The molecule has 3 aliphatic rings. The lowest BCUT2D eigenvalue weighted by Crippen LogP contribution is -2.52. The van der Waals surface area contributed by atoms with E-state index in [1.54, 1.807) is 6.07 Å². The normalized spacial score (nSPS) is 20.3. The molecule has 256 valence electrons. The van der Waals surface area contributed by atoms with Crippen molar-refractivity contribution in [1.82, 2.24) is 29.8 Å². The molecule has 14 nitrogen and oxygen atoms in total. The van der Waals surface area contributed by atoms with Gasteiger partial charge in [0.1, 0.15) is 11.9 Å². The van der Waals surface area contributed by atoms with Gasteiger partial charge in [0.15, 0.2) is 5.75 Å². The average Bonchev–Trinajstić information content (AvgIpc) is 3.03. The molecule has 1 aromatic carbocycles. The Morgan fingerprint density at radius 2 is 1.74 bits per heavy atom. The van der Waals surface area contributed by atoms with Crippen LogP contribution in [0.15, 0.2) is 30.6 Å². The van der Waals surface area contributed by atoms with Crippen molar-refractivity contribution in [3.8, 4) is 5.75 Å². The number of carbonyl (C=O) groups is 3. The highest BCUT2D eigenvalue weighted by Crippen LogP contribution is 2.22. The van der Waals surface area contributed by atoms with E-state index in [0.29, 0.717) is 70.8 Å². The van der Waals surface area contributed by atoms with Gasteiger partial charge in [-0.15, -0.1) is 0 Å². The minimum Gasteiger partial charge on any atom is -0.432 e. The van der Waals surface area contributed by atoms with Gasteiger partial charge in [0.05, 0.1) is 23.7 Å². The molecule has 0 bridgehead atoms. The zero-order chi connectivity index (χ0) is 33.6. The van der Waals surface area contributed by atoms with Crippen molar-refractivity contribution in [3.05, 3.63) is 42.0 Å². The Hall–Kier alpha value is -4.03. The van der Waals surface area contributed by atoms with Crippen LogP contribution in [0.25, 0.3) is 0 Å². The fraction of sp³-hybridized carbons (Fsp3) is 0.552. The summed E-state index contributed by atoms with van der Waals surface area (Å²) in [6, 6.07) is 3.36. The van der Waals surface area contributed by atoms with Crippen LogP contribution in [0.3, 0.4) is 0 Å². The minimum atomic E-state index is -3.44. The molecule has 3 amide bonds. The predicted octanol–water partition coefficient (Wildman–Crippen LogP) is 1.17. The van der Waals surface area contributed by atoms with Crippen LogP contribution in [-0.2, 0) is 19.6 Å². The van der Waals surface area contributed by atoms with E-state index >= 15 is 0 Å². The number of sulfonamides is 1. The summed E-state index contributed by atoms with van der Waals surface area (Å²) in [6.07, 6.45) is 4.11. The second kappa shape index (κ2) is 15.2. The Morgan fingerprint density at radius 1 is 1.04 bits per heavy atom. The number of piperazine rings is 1. The molecule has 1 atom stereocenters. The van der Waals surface area contributed by atoms with Crippen molar-refractivity contribution in [2.24, 2.45) is 0 Å². The Morgan fingerprint density at radius 3 is 2.38 bits per heavy atom. The SMILES string of the molecule is O=C1CCC(NC(=O)c2ccc(N3CCN(CCCS(=O)(=O)N4CCC(Nc5ncc(OC(F)F)cn5)CC4)CC3)cc2F)C(=O)N1. The number of hydrogen-bond donors (Lipinski definition) is 3. The number of alkyl halides is 2. The highest BCUT2D eigenvalue weighted by Gasteiger charge is 2.30. The molecule has 0 aliphatic carbocycles. The Kier molecular flexibility index (Phi) is 11.1. The van der Waals surface area contributed by atoms with Gasteiger partial charge in [0, 0.05) is 57.4 Å². The number of imide groups is 1. The molecule has 3 fully saturated rings. The molecule has 0 spiro atoms. The molecule has 3 saturated heterocycles. The van der Waals surface area contributed by atoms with Gasteiger partial charge in [-0.3, -0.25) is 24.6 Å². The van der Waals surface area contributed by atoms with Gasteiger partial charge < -0.3 is 20.3 Å². The van der Waals surface area contributed by atoms with Crippen molar-refractivity contribution in [2.45, 2.75) is 50.8 Å². The summed E-state index contributed by atoms with van der Waals surface area (Å²) < 4.78 is 71.2. The third-order valence-electron chi connectivity index (χ3n) is 8.39. The summed E-state index contributed by atoms with van der Waals surface area (Å²) in [7, 11) is -3.44. The van der Waals surface area contributed by atoms with E-state index in [9.17, 15) is 36.0 Å². The molecule has 47 heavy (non-hydrogen) atoms. The monoisotopic (exact) mass is 682 g/mol. The molecule has 1 unspecified atom stereocenters. The fourth-order valence-corrected chi connectivity index (χ4v) is 7.32. The van der Waals surface area contributed by atoms with Crippen LogP contribution in [-0.4, -0.2) is 116 Å². The standard InChI is InChI=1S/C29H37F3N8O6S/c30-23-16-20(2-3-22(23)26(42)36-24-4-5-25(41)37-27(24)43)39-13-11-38(12-14-39)8-1-15-47(44,45)40-9-6-19(7-10-40)35-29-33-17-21(18-34-29)46-28(31)32/h2-3,16-19,24,28H,1,4-15H2,(H,36,42)(H,33,34,35)(H,37,41,43). The topological polar surface area (TPSA) is 166 Å². The first-order valence-electron chi connectivity index (χ1n) is 15.4. The van der Waals surface area contributed by atoms with Crippen LogP contribution in [0, 0.1) is 5.82 Å². The molecule has 3 aliphatic heterocycles. The second-order valence-electron chi connectivity index (χ2n) is 11.6. The maximum Gasteiger partial charge on any atom is 0.387 e. The second-order valence-corrected chi connectivity index (χ2v) is 13.7. The lowest BCUT2D eigenvalue weighted by molar-refractivity contribution is -0.134. The summed E-state index contributed by atoms with van der Waals surface area (Å²) in [5.74, 6) is -2.34. The van der Waals surface area contributed by atoms with E-state index in [1.165, 1.54) is 16.4 Å². The number of nitrogens with zero attached hydrogens (tertiary/aromatic N) is 5. The molecule has 5 rings (SSSR count). The highest BCUT2D eigenvalue weighted by molar-refractivity contribution is 7.89. The lowest BCUT2D eigenvalue weighted by Gasteiger charge is -2.36. The summed E-state index contributed by atoms with van der Waals surface area (Å²) in [5, 5.41) is 7.74. The summed E-state index contributed by atoms with van der Waals surface area (Å²) in [4.78, 5) is 47.9. The number of halogens is 3. The van der Waals surface area contributed by atoms with E-state index in [0.717, 1.165) is 12.4 Å². The number of carbonyl (C=O) groups excluding carboxylic acids is 3. The van der Waals surface area contributed by atoms with Gasteiger partial charge in [0.2, 0.25) is 27.8 Å². The largest absolute Gasteiger partial charge is 0.432 e. The number of nitrogens with one attached hydrogen (secondary N) is 3. The number of ether oxygens (including phenoxy) is 1. The molecule has 4 heterocycles. The highest BCUT2D eigenvalue weighted by atomic mass is 32.2. The van der Waals surface area contributed by atoms with Crippen LogP contribution in [0.1, 0.15) is 42.5 Å². The summed E-state index contributed by atoms with van der Waals surface area (Å²) in [6.45, 7) is 0.846. The minimum absolute atomic E-state index is 0.0214. The van der Waals surface area contributed by atoms with Gasteiger partial charge in [-0.1, -0.05) is 0 Å².